The molecule has 2 aliphatic rings. The minimum atomic E-state index is -0.653. The zero-order valence-corrected chi connectivity index (χ0v) is 27.4. The number of carbonyl (C=O) groups is 3. The van der Waals surface area contributed by atoms with Gasteiger partial charge in [0.15, 0.2) is 0 Å². The van der Waals surface area contributed by atoms with Crippen LogP contribution in [-0.2, 0) is 20.9 Å². The minimum Gasteiger partial charge on any atom is -0.494 e. The first-order chi connectivity index (χ1) is 23.7. The number of halogens is 3. The van der Waals surface area contributed by atoms with Crippen LogP contribution < -0.4 is 20.7 Å². The summed E-state index contributed by atoms with van der Waals surface area (Å²) in [6, 6.07) is 12.6. The van der Waals surface area contributed by atoms with Crippen molar-refractivity contribution < 1.29 is 27.9 Å². The average molecular weight is 690 g/mol. The molecular formula is C35H34ClF2N7O4. The van der Waals surface area contributed by atoms with Crippen molar-refractivity contribution in [2.45, 2.75) is 25.3 Å². The highest BCUT2D eigenvalue weighted by molar-refractivity contribution is 6.31. The summed E-state index contributed by atoms with van der Waals surface area (Å²) in [4.78, 5) is 49.6. The van der Waals surface area contributed by atoms with E-state index in [0.29, 0.717) is 58.9 Å². The van der Waals surface area contributed by atoms with E-state index in [1.807, 2.05) is 6.07 Å². The number of fused-ring (bicyclic) bond motifs is 1. The highest BCUT2D eigenvalue weighted by Gasteiger charge is 2.30. The standard InChI is InChI=1S/C35H34ClF2N7O4/c1-49-31-18-29-25(34(40-20-39-29)41-22-5-8-27(37)26(36)16-22)17-30(31)42-32(46)3-2-10-44-11-13-45(14-12-44)19-21-4-6-23(28(38)15-21)24-7-9-33(47)43-35(24)48/h2-6,8,15-18,20,24H,7,9-14,19H2,1H3,(H,42,46)(H,39,40,41)(H,43,47,48)/b3-2+. The van der Waals surface area contributed by atoms with Crippen LogP contribution in [0.4, 0.5) is 26.0 Å². The van der Waals surface area contributed by atoms with Gasteiger partial charge in [0, 0.05) is 74.5 Å². The van der Waals surface area contributed by atoms with Crippen molar-refractivity contribution in [3.63, 3.8) is 0 Å². The molecule has 2 fully saturated rings. The lowest BCUT2D eigenvalue weighted by Crippen LogP contribution is -2.45. The Morgan fingerprint density at radius 1 is 1.04 bits per heavy atom. The molecule has 0 aliphatic carbocycles. The Labute approximate surface area is 286 Å². The van der Waals surface area contributed by atoms with Gasteiger partial charge in [-0.2, -0.15) is 0 Å². The van der Waals surface area contributed by atoms with Gasteiger partial charge in [-0.3, -0.25) is 29.5 Å². The number of hydrogen-bond acceptors (Lipinski definition) is 9. The average Bonchev–Trinajstić information content (AvgIpc) is 3.08. The fourth-order valence-electron chi connectivity index (χ4n) is 5.97. The Hall–Kier alpha value is -4.98. The fourth-order valence-corrected chi connectivity index (χ4v) is 6.15. The van der Waals surface area contributed by atoms with Gasteiger partial charge in [-0.25, -0.2) is 18.7 Å². The third-order valence-electron chi connectivity index (χ3n) is 8.58. The summed E-state index contributed by atoms with van der Waals surface area (Å²) in [6.07, 6.45) is 5.17. The molecule has 3 amide bonds. The van der Waals surface area contributed by atoms with Crippen LogP contribution in [0.1, 0.15) is 29.9 Å². The summed E-state index contributed by atoms with van der Waals surface area (Å²) in [5.41, 5.74) is 2.67. The van der Waals surface area contributed by atoms with Gasteiger partial charge < -0.3 is 15.4 Å². The number of methoxy groups -OCH3 is 1. The molecular weight excluding hydrogens is 656 g/mol. The minimum absolute atomic E-state index is 0.0287. The van der Waals surface area contributed by atoms with Gasteiger partial charge in [-0.1, -0.05) is 29.8 Å². The molecule has 0 radical (unpaired) electrons. The number of rotatable bonds is 10. The van der Waals surface area contributed by atoms with Crippen molar-refractivity contribution in [2.75, 3.05) is 50.5 Å². The van der Waals surface area contributed by atoms with Crippen LogP contribution in [0.15, 0.2) is 67.0 Å². The number of ether oxygens (including phenoxy) is 1. The van der Waals surface area contributed by atoms with Gasteiger partial charge in [-0.15, -0.1) is 0 Å². The van der Waals surface area contributed by atoms with Crippen molar-refractivity contribution in [1.29, 1.82) is 0 Å². The molecule has 4 aromatic rings. The Morgan fingerprint density at radius 3 is 2.57 bits per heavy atom. The molecule has 14 heteroatoms. The lowest BCUT2D eigenvalue weighted by molar-refractivity contribution is -0.134. The molecule has 1 atom stereocenters. The molecule has 0 bridgehead atoms. The Kier molecular flexibility index (Phi) is 10.4. The normalized spacial score (nSPS) is 17.3. The molecule has 6 rings (SSSR count). The second kappa shape index (κ2) is 15.1. The Morgan fingerprint density at radius 2 is 1.84 bits per heavy atom. The van der Waals surface area contributed by atoms with E-state index in [1.54, 1.807) is 30.3 Å². The molecule has 2 saturated heterocycles. The molecule has 1 aromatic heterocycles. The number of nitrogens with zero attached hydrogens (tertiary/aromatic N) is 4. The molecule has 11 nitrogen and oxygen atoms in total. The number of imide groups is 1. The molecule has 0 saturated carbocycles. The number of aromatic nitrogens is 2. The first-order valence-corrected chi connectivity index (χ1v) is 16.1. The molecule has 3 N–H and O–H groups in total. The van der Waals surface area contributed by atoms with Crippen molar-refractivity contribution in [2.24, 2.45) is 0 Å². The number of piperidine rings is 1. The Bertz CT molecular complexity index is 1930. The van der Waals surface area contributed by atoms with Gasteiger partial charge >= 0.3 is 0 Å². The van der Waals surface area contributed by atoms with Crippen molar-refractivity contribution in [1.82, 2.24) is 25.1 Å². The molecule has 0 spiro atoms. The lowest BCUT2D eigenvalue weighted by atomic mass is 9.89. The van der Waals surface area contributed by atoms with Gasteiger partial charge in [0.25, 0.3) is 0 Å². The fraction of sp³-hybridized carbons (Fsp3) is 0.286. The van der Waals surface area contributed by atoms with Gasteiger partial charge in [-0.05, 0) is 42.3 Å². The number of piperazine rings is 1. The maximum Gasteiger partial charge on any atom is 0.248 e. The summed E-state index contributed by atoms with van der Waals surface area (Å²) >= 11 is 5.93. The molecule has 2 aliphatic heterocycles. The van der Waals surface area contributed by atoms with E-state index in [9.17, 15) is 23.2 Å². The van der Waals surface area contributed by atoms with E-state index in [2.05, 4.69) is 35.7 Å². The van der Waals surface area contributed by atoms with Gasteiger partial charge in [0.2, 0.25) is 17.7 Å². The van der Waals surface area contributed by atoms with Crippen LogP contribution in [0.25, 0.3) is 10.9 Å². The Balaban J connectivity index is 1.01. The third-order valence-corrected chi connectivity index (χ3v) is 8.87. The zero-order valence-electron chi connectivity index (χ0n) is 26.6. The van der Waals surface area contributed by atoms with Crippen LogP contribution in [-0.4, -0.2) is 77.3 Å². The second-order valence-electron chi connectivity index (χ2n) is 11.9. The number of carbonyl (C=O) groups excluding carboxylic acids is 3. The molecule has 49 heavy (non-hydrogen) atoms. The maximum absolute atomic E-state index is 14.9. The van der Waals surface area contributed by atoms with Crippen LogP contribution >= 0.6 is 11.6 Å². The molecule has 1 unspecified atom stereocenters. The predicted molar refractivity (Wildman–Crippen MR) is 182 cm³/mol. The van der Waals surface area contributed by atoms with E-state index in [4.69, 9.17) is 16.3 Å². The monoisotopic (exact) mass is 689 g/mol. The van der Waals surface area contributed by atoms with E-state index < -0.39 is 23.5 Å². The van der Waals surface area contributed by atoms with Crippen LogP contribution in [0.5, 0.6) is 5.75 Å². The topological polar surface area (TPSA) is 129 Å². The molecule has 3 heterocycles. The largest absolute Gasteiger partial charge is 0.494 e. The number of benzene rings is 3. The van der Waals surface area contributed by atoms with E-state index in [1.165, 1.54) is 37.7 Å². The van der Waals surface area contributed by atoms with E-state index in [0.717, 1.165) is 31.7 Å². The van der Waals surface area contributed by atoms with E-state index in [-0.39, 0.29) is 23.3 Å². The summed E-state index contributed by atoms with van der Waals surface area (Å²) in [5, 5.41) is 8.85. The number of anilines is 3. The van der Waals surface area contributed by atoms with Gasteiger partial charge in [0.1, 0.15) is 29.5 Å². The van der Waals surface area contributed by atoms with E-state index >= 15 is 0 Å². The van der Waals surface area contributed by atoms with Crippen LogP contribution in [0.2, 0.25) is 5.02 Å². The summed E-state index contributed by atoms with van der Waals surface area (Å²) < 4.78 is 34.1. The smallest absolute Gasteiger partial charge is 0.248 e. The van der Waals surface area contributed by atoms with Crippen molar-refractivity contribution in [3.05, 3.63) is 94.8 Å². The summed E-state index contributed by atoms with van der Waals surface area (Å²) in [5.74, 6) is -1.87. The first kappa shape index (κ1) is 33.9. The summed E-state index contributed by atoms with van der Waals surface area (Å²) in [7, 11) is 1.50. The second-order valence-corrected chi connectivity index (χ2v) is 12.3. The third kappa shape index (κ3) is 8.19. The highest BCUT2D eigenvalue weighted by atomic mass is 35.5. The quantitative estimate of drug-likeness (QED) is 0.153. The molecule has 3 aromatic carbocycles. The first-order valence-electron chi connectivity index (χ1n) is 15.8. The lowest BCUT2D eigenvalue weighted by Gasteiger charge is -2.34. The zero-order chi connectivity index (χ0) is 34.5. The predicted octanol–water partition coefficient (Wildman–Crippen LogP) is 5.15. The number of nitrogens with one attached hydrogen (secondary N) is 3. The highest BCUT2D eigenvalue weighted by Crippen LogP contribution is 2.34. The maximum atomic E-state index is 14.9. The van der Waals surface area contributed by atoms with Gasteiger partial charge in [0.05, 0.1) is 29.3 Å². The number of amides is 3. The van der Waals surface area contributed by atoms with Crippen molar-refractivity contribution in [3.8, 4) is 5.75 Å². The van der Waals surface area contributed by atoms with Crippen molar-refractivity contribution >= 4 is 57.4 Å². The van der Waals surface area contributed by atoms with Crippen LogP contribution in [0.3, 0.4) is 0 Å². The number of hydrogen-bond donors (Lipinski definition) is 3. The SMILES string of the molecule is COc1cc2ncnc(Nc3ccc(F)c(Cl)c3)c2cc1NC(=O)/C=C/CN1CCN(Cc2ccc(C3CCC(=O)NC3=O)c(F)c2)CC1. The van der Waals surface area contributed by atoms with Crippen LogP contribution in [0, 0.1) is 11.6 Å². The summed E-state index contributed by atoms with van der Waals surface area (Å²) in [6.45, 7) is 4.24. The molecule has 254 valence electrons.